The van der Waals surface area contributed by atoms with Crippen LogP contribution in [0.3, 0.4) is 0 Å². The highest BCUT2D eigenvalue weighted by Gasteiger charge is 2.30. The molecule has 7 nitrogen and oxygen atoms in total. The Labute approximate surface area is 111 Å². The molecule has 3 heterocycles. The number of hydrogen-bond acceptors (Lipinski definition) is 6. The second kappa shape index (κ2) is 4.41. The van der Waals surface area contributed by atoms with Crippen LogP contribution in [0.15, 0.2) is 18.2 Å². The maximum absolute atomic E-state index is 13.8. The van der Waals surface area contributed by atoms with Gasteiger partial charge in [0.1, 0.15) is 17.4 Å². The fraction of sp³-hybridized carbons (Fsp3) is 0.300. The Balaban J connectivity index is 2.10. The summed E-state index contributed by atoms with van der Waals surface area (Å²) in [5.41, 5.74) is 6.08. The highest BCUT2D eigenvalue weighted by molar-refractivity contribution is 6.33. The third-order valence-electron chi connectivity index (χ3n) is 2.71. The molecule has 0 unspecified atom stereocenters. The minimum absolute atomic E-state index is 0.0413. The number of rotatable bonds is 2. The number of aromatic nitrogens is 4. The summed E-state index contributed by atoms with van der Waals surface area (Å²) in [5.74, 6) is -0.577. The molecule has 0 radical (unpaired) electrons. The van der Waals surface area contributed by atoms with Crippen LogP contribution in [0.5, 0.6) is 0 Å². The number of aliphatic hydroxyl groups is 1. The summed E-state index contributed by atoms with van der Waals surface area (Å²) >= 11 is 5.88. The molecule has 3 N–H and O–H groups in total. The molecular weight excluding hydrogens is 277 g/mol. The lowest BCUT2D eigenvalue weighted by Crippen LogP contribution is -2.16. The Morgan fingerprint density at radius 1 is 1.53 bits per heavy atom. The number of aliphatic hydroxyl groups excluding tert-OH is 1. The Morgan fingerprint density at radius 3 is 3.00 bits per heavy atom. The van der Waals surface area contributed by atoms with Crippen molar-refractivity contribution in [1.82, 2.24) is 19.5 Å². The van der Waals surface area contributed by atoms with Crippen molar-refractivity contribution >= 4 is 28.7 Å². The van der Waals surface area contributed by atoms with Crippen molar-refractivity contribution in [3.8, 4) is 0 Å². The first-order valence-electron chi connectivity index (χ1n) is 5.39. The third-order valence-corrected chi connectivity index (χ3v) is 2.98. The van der Waals surface area contributed by atoms with Gasteiger partial charge in [0.05, 0.1) is 12.9 Å². The second-order valence-corrected chi connectivity index (χ2v) is 4.32. The van der Waals surface area contributed by atoms with Gasteiger partial charge < -0.3 is 15.6 Å². The number of nitrogens with zero attached hydrogens (tertiary/aromatic N) is 4. The van der Waals surface area contributed by atoms with E-state index >= 15 is 0 Å². The summed E-state index contributed by atoms with van der Waals surface area (Å²) in [6.07, 6.45) is 0.801. The summed E-state index contributed by atoms with van der Waals surface area (Å²) in [7, 11) is 0. The van der Waals surface area contributed by atoms with Gasteiger partial charge in [0.25, 0.3) is 0 Å². The largest absolute Gasteiger partial charge is 0.393 e. The quantitative estimate of drug-likeness (QED) is 0.792. The topological polar surface area (TPSA) is 99.1 Å². The molecule has 0 saturated carbocycles. The molecular formula is C10H9ClFN5O2. The summed E-state index contributed by atoms with van der Waals surface area (Å²) in [5, 5.41) is 9.06. The van der Waals surface area contributed by atoms with Crippen LogP contribution in [-0.2, 0) is 4.74 Å². The average molecular weight is 286 g/mol. The van der Waals surface area contributed by atoms with Gasteiger partial charge in [-0.3, -0.25) is 4.57 Å². The van der Waals surface area contributed by atoms with Crippen LogP contribution in [0.1, 0.15) is 6.23 Å². The lowest BCUT2D eigenvalue weighted by atomic mass is 10.3. The van der Waals surface area contributed by atoms with E-state index < -0.39 is 18.2 Å². The zero-order chi connectivity index (χ0) is 13.6. The molecule has 0 amide bonds. The molecule has 2 aromatic heterocycles. The Kier molecular flexibility index (Phi) is 2.85. The highest BCUT2D eigenvalue weighted by Crippen LogP contribution is 2.32. The van der Waals surface area contributed by atoms with Gasteiger partial charge in [-0.05, 0) is 6.08 Å². The number of ether oxygens (including phenoxy) is 1. The van der Waals surface area contributed by atoms with E-state index in [9.17, 15) is 4.39 Å². The smallest absolute Gasteiger partial charge is 0.223 e. The van der Waals surface area contributed by atoms with Gasteiger partial charge in [0.15, 0.2) is 17.0 Å². The molecule has 0 saturated heterocycles. The molecule has 1 aliphatic rings. The first-order valence-corrected chi connectivity index (χ1v) is 5.77. The van der Waals surface area contributed by atoms with E-state index in [0.717, 1.165) is 0 Å². The molecule has 100 valence electrons. The molecule has 2 aromatic rings. The summed E-state index contributed by atoms with van der Waals surface area (Å²) in [6.45, 7) is -0.311. The van der Waals surface area contributed by atoms with Gasteiger partial charge in [-0.15, -0.1) is 0 Å². The number of nitrogen functional groups attached to an aromatic ring is 1. The minimum atomic E-state index is -1.03. The van der Waals surface area contributed by atoms with E-state index in [1.54, 1.807) is 0 Å². The van der Waals surface area contributed by atoms with Crippen LogP contribution >= 0.6 is 11.6 Å². The van der Waals surface area contributed by atoms with Gasteiger partial charge in [-0.2, -0.15) is 9.97 Å². The van der Waals surface area contributed by atoms with Crippen molar-refractivity contribution in [3.05, 3.63) is 23.4 Å². The van der Waals surface area contributed by atoms with Crippen molar-refractivity contribution in [1.29, 1.82) is 0 Å². The van der Waals surface area contributed by atoms with Gasteiger partial charge >= 0.3 is 0 Å². The van der Waals surface area contributed by atoms with E-state index in [0.29, 0.717) is 5.52 Å². The predicted octanol–water partition coefficient (Wildman–Crippen LogP) is 0.805. The maximum Gasteiger partial charge on any atom is 0.223 e. The number of anilines is 1. The van der Waals surface area contributed by atoms with Crippen LogP contribution in [-0.4, -0.2) is 37.3 Å². The van der Waals surface area contributed by atoms with Crippen molar-refractivity contribution in [2.45, 2.75) is 12.3 Å². The zero-order valence-electron chi connectivity index (χ0n) is 9.49. The fourth-order valence-corrected chi connectivity index (χ4v) is 2.11. The molecule has 2 atom stereocenters. The number of halogens is 2. The first-order chi connectivity index (χ1) is 9.10. The zero-order valence-corrected chi connectivity index (χ0v) is 10.3. The van der Waals surface area contributed by atoms with Crippen LogP contribution < -0.4 is 5.73 Å². The van der Waals surface area contributed by atoms with Crippen LogP contribution in [0, 0.1) is 0 Å². The van der Waals surface area contributed by atoms with E-state index in [2.05, 4.69) is 15.0 Å². The third kappa shape index (κ3) is 1.93. The van der Waals surface area contributed by atoms with Crippen LogP contribution in [0.25, 0.3) is 11.2 Å². The Morgan fingerprint density at radius 2 is 2.32 bits per heavy atom. The van der Waals surface area contributed by atoms with Crippen molar-refractivity contribution in [2.24, 2.45) is 0 Å². The van der Waals surface area contributed by atoms with E-state index in [-0.39, 0.29) is 23.4 Å². The van der Waals surface area contributed by atoms with Crippen molar-refractivity contribution in [3.63, 3.8) is 0 Å². The maximum atomic E-state index is 13.8. The SMILES string of the molecule is Nc1nc(Cl)c2ncn([C@H]3O[C@H](CO)C=C3F)c2n1. The Bertz CT molecular complexity index is 673. The molecule has 0 spiro atoms. The lowest BCUT2D eigenvalue weighted by molar-refractivity contribution is -0.0174. The van der Waals surface area contributed by atoms with Gasteiger partial charge in [-0.1, -0.05) is 11.6 Å². The van der Waals surface area contributed by atoms with Gasteiger partial charge in [-0.25, -0.2) is 9.37 Å². The average Bonchev–Trinajstić information content (AvgIpc) is 2.92. The monoisotopic (exact) mass is 285 g/mol. The van der Waals surface area contributed by atoms with E-state index in [4.69, 9.17) is 27.2 Å². The molecule has 1 aliphatic heterocycles. The summed E-state index contributed by atoms with van der Waals surface area (Å²) in [6, 6.07) is 0. The van der Waals surface area contributed by atoms with Crippen molar-refractivity contribution in [2.75, 3.05) is 12.3 Å². The molecule has 3 rings (SSSR count). The molecule has 0 aliphatic carbocycles. The highest BCUT2D eigenvalue weighted by atomic mass is 35.5. The standard InChI is InChI=1S/C10H9ClFN5O2/c11-7-6-8(16-10(13)15-7)17(3-14-6)9-5(12)1-4(2-18)19-9/h1,3-4,9,18H,2H2,(H2,13,15,16)/t4-,9-/m0/s1. The second-order valence-electron chi connectivity index (χ2n) is 3.96. The van der Waals surface area contributed by atoms with Gasteiger partial charge in [0, 0.05) is 0 Å². The molecule has 0 fully saturated rings. The molecule has 9 heteroatoms. The number of hydrogen-bond donors (Lipinski definition) is 2. The predicted molar refractivity (Wildman–Crippen MR) is 64.9 cm³/mol. The molecule has 0 aromatic carbocycles. The van der Waals surface area contributed by atoms with E-state index in [1.807, 2.05) is 0 Å². The number of fused-ring (bicyclic) bond motifs is 1. The van der Waals surface area contributed by atoms with Crippen LogP contribution in [0.4, 0.5) is 10.3 Å². The van der Waals surface area contributed by atoms with Crippen LogP contribution in [0.2, 0.25) is 5.15 Å². The minimum Gasteiger partial charge on any atom is -0.393 e. The molecule has 0 bridgehead atoms. The number of imidazole rings is 1. The van der Waals surface area contributed by atoms with Crippen molar-refractivity contribution < 1.29 is 14.2 Å². The summed E-state index contributed by atoms with van der Waals surface area (Å²) in [4.78, 5) is 11.7. The summed E-state index contributed by atoms with van der Waals surface area (Å²) < 4.78 is 20.5. The Hall–Kier alpha value is -1.77. The lowest BCUT2D eigenvalue weighted by Gasteiger charge is -2.14. The number of nitrogens with two attached hydrogens (primary N) is 1. The first kappa shape index (κ1) is 12.3. The fourth-order valence-electron chi connectivity index (χ4n) is 1.89. The normalized spacial score (nSPS) is 23.0. The molecule has 19 heavy (non-hydrogen) atoms. The van der Waals surface area contributed by atoms with E-state index in [1.165, 1.54) is 17.0 Å². The van der Waals surface area contributed by atoms with Gasteiger partial charge in [0.2, 0.25) is 5.95 Å².